The zero-order chi connectivity index (χ0) is 13.0. The third kappa shape index (κ3) is 2.91. The molecule has 0 radical (unpaired) electrons. The van der Waals surface area contributed by atoms with Crippen molar-refractivity contribution >= 4 is 33.8 Å². The van der Waals surface area contributed by atoms with E-state index in [0.717, 1.165) is 35.9 Å². The average molecular weight is 283 g/mol. The maximum atomic E-state index is 8.99. The predicted molar refractivity (Wildman–Crippen MR) is 77.3 cm³/mol. The highest BCUT2D eigenvalue weighted by Crippen LogP contribution is 2.41. The molecule has 1 atom stereocenters. The van der Waals surface area contributed by atoms with Gasteiger partial charge < -0.3 is 15.8 Å². The van der Waals surface area contributed by atoms with Crippen LogP contribution in [-0.4, -0.2) is 25.5 Å². The van der Waals surface area contributed by atoms with E-state index in [1.165, 1.54) is 17.8 Å². The second-order valence-corrected chi connectivity index (χ2v) is 6.03. The van der Waals surface area contributed by atoms with Crippen molar-refractivity contribution < 1.29 is 4.74 Å². The van der Waals surface area contributed by atoms with E-state index >= 15 is 0 Å². The van der Waals surface area contributed by atoms with Crippen LogP contribution in [0.4, 0.5) is 10.7 Å². The van der Waals surface area contributed by atoms with Crippen LogP contribution in [0.3, 0.4) is 0 Å². The van der Waals surface area contributed by atoms with E-state index in [-0.39, 0.29) is 6.10 Å². The van der Waals surface area contributed by atoms with Crippen LogP contribution < -0.4 is 11.1 Å². The second kappa shape index (κ2) is 6.32. The first-order chi connectivity index (χ1) is 8.76. The Morgan fingerprint density at radius 1 is 1.61 bits per heavy atom. The van der Waals surface area contributed by atoms with Crippen molar-refractivity contribution in [2.75, 3.05) is 30.5 Å². The molecular weight excluding hydrogens is 266 g/mol. The molecule has 3 N–H and O–H groups in total. The van der Waals surface area contributed by atoms with Crippen molar-refractivity contribution in [1.29, 1.82) is 5.26 Å². The first-order valence-corrected chi connectivity index (χ1v) is 8.02. The van der Waals surface area contributed by atoms with Crippen LogP contribution in [0.25, 0.3) is 0 Å². The number of thioether (sulfide) groups is 1. The molecular formula is C12H17N3OS2. The van der Waals surface area contributed by atoms with Crippen LogP contribution in [0.15, 0.2) is 4.90 Å². The molecule has 1 aliphatic rings. The number of ether oxygens (including phenoxy) is 1. The Morgan fingerprint density at radius 3 is 3.06 bits per heavy atom. The van der Waals surface area contributed by atoms with Gasteiger partial charge in [0, 0.05) is 13.2 Å². The molecule has 0 amide bonds. The van der Waals surface area contributed by atoms with Crippen LogP contribution in [0, 0.1) is 11.3 Å². The number of rotatable bonds is 4. The summed E-state index contributed by atoms with van der Waals surface area (Å²) >= 11 is 3.00. The summed E-state index contributed by atoms with van der Waals surface area (Å²) in [5, 5.41) is 13.3. The van der Waals surface area contributed by atoms with Crippen molar-refractivity contribution in [3.05, 3.63) is 4.88 Å². The molecule has 18 heavy (non-hydrogen) atoms. The Hall–Kier alpha value is -0.900. The molecule has 2 rings (SSSR count). The fourth-order valence-electron chi connectivity index (χ4n) is 2.01. The Balaban J connectivity index is 2.02. The highest BCUT2D eigenvalue weighted by molar-refractivity contribution is 7.99. The minimum atomic E-state index is 0.280. The zero-order valence-corrected chi connectivity index (χ0v) is 12.0. The number of hydrogen-bond acceptors (Lipinski definition) is 6. The number of hydrogen-bond donors (Lipinski definition) is 2. The summed E-state index contributed by atoms with van der Waals surface area (Å²) in [6.07, 6.45) is 5.76. The van der Waals surface area contributed by atoms with Gasteiger partial charge in [-0.2, -0.15) is 5.26 Å². The summed E-state index contributed by atoms with van der Waals surface area (Å²) < 4.78 is 5.68. The van der Waals surface area contributed by atoms with Gasteiger partial charge in [0.05, 0.1) is 16.7 Å². The lowest BCUT2D eigenvalue weighted by atomic mass is 10.1. The fraction of sp³-hybridized carbons (Fsp3) is 0.583. The molecule has 1 unspecified atom stereocenters. The smallest absolute Gasteiger partial charge is 0.131 e. The number of nitriles is 1. The van der Waals surface area contributed by atoms with Crippen LogP contribution >= 0.6 is 23.1 Å². The number of thiophene rings is 1. The summed E-state index contributed by atoms with van der Waals surface area (Å²) in [4.78, 5) is 1.57. The lowest BCUT2D eigenvalue weighted by Crippen LogP contribution is -2.26. The van der Waals surface area contributed by atoms with Gasteiger partial charge in [-0.25, -0.2) is 0 Å². The van der Waals surface area contributed by atoms with Gasteiger partial charge in [-0.15, -0.1) is 23.1 Å². The highest BCUT2D eigenvalue weighted by atomic mass is 32.2. The van der Waals surface area contributed by atoms with Gasteiger partial charge >= 0.3 is 0 Å². The summed E-state index contributed by atoms with van der Waals surface area (Å²) in [6, 6.07) is 2.14. The van der Waals surface area contributed by atoms with Crippen molar-refractivity contribution in [3.8, 4) is 6.07 Å². The summed E-state index contributed by atoms with van der Waals surface area (Å²) in [6.45, 7) is 1.65. The van der Waals surface area contributed by atoms with E-state index in [1.54, 1.807) is 11.8 Å². The zero-order valence-electron chi connectivity index (χ0n) is 10.4. The third-order valence-corrected chi connectivity index (χ3v) is 5.00. The first kappa shape index (κ1) is 13.5. The van der Waals surface area contributed by atoms with Crippen LogP contribution in [0.2, 0.25) is 0 Å². The van der Waals surface area contributed by atoms with Crippen LogP contribution in [-0.2, 0) is 4.74 Å². The van der Waals surface area contributed by atoms with Crippen molar-refractivity contribution in [3.63, 3.8) is 0 Å². The molecule has 4 nitrogen and oxygen atoms in total. The molecule has 0 spiro atoms. The quantitative estimate of drug-likeness (QED) is 0.831. The minimum Gasteiger partial charge on any atom is -0.396 e. The second-order valence-electron chi connectivity index (χ2n) is 4.19. The van der Waals surface area contributed by atoms with E-state index in [0.29, 0.717) is 10.6 Å². The maximum Gasteiger partial charge on any atom is 0.131 e. The predicted octanol–water partition coefficient (Wildman–Crippen LogP) is 2.90. The van der Waals surface area contributed by atoms with E-state index in [1.807, 2.05) is 6.26 Å². The Bertz CT molecular complexity index is 447. The number of nitrogens with two attached hydrogens (primary N) is 1. The lowest BCUT2D eigenvalue weighted by molar-refractivity contribution is 0.0248. The third-order valence-electron chi connectivity index (χ3n) is 2.97. The van der Waals surface area contributed by atoms with E-state index in [4.69, 9.17) is 15.7 Å². The normalized spacial score (nSPS) is 19.4. The number of anilines is 2. The van der Waals surface area contributed by atoms with Gasteiger partial charge in [-0.3, -0.25) is 0 Å². The Kier molecular flexibility index (Phi) is 4.75. The van der Waals surface area contributed by atoms with E-state index < -0.39 is 0 Å². The molecule has 0 saturated carbocycles. The van der Waals surface area contributed by atoms with Gasteiger partial charge in [0.1, 0.15) is 15.9 Å². The van der Waals surface area contributed by atoms with Gasteiger partial charge in [-0.05, 0) is 25.5 Å². The lowest BCUT2D eigenvalue weighted by Gasteiger charge is -2.23. The van der Waals surface area contributed by atoms with Gasteiger partial charge in [0.15, 0.2) is 0 Å². The largest absolute Gasteiger partial charge is 0.396 e. The Labute approximate surface area is 116 Å². The SMILES string of the molecule is CSc1c(NCC2CCCCO2)sc(C#N)c1N. The molecule has 1 aromatic heterocycles. The average Bonchev–Trinajstić information content (AvgIpc) is 2.73. The molecule has 1 saturated heterocycles. The highest BCUT2D eigenvalue weighted by Gasteiger charge is 2.18. The molecule has 98 valence electrons. The standard InChI is InChI=1S/C12H17N3OS2/c1-17-11-10(14)9(6-13)18-12(11)15-7-8-4-2-3-5-16-8/h8,15H,2-5,7,14H2,1H3. The molecule has 1 aliphatic heterocycles. The molecule has 2 heterocycles. The topological polar surface area (TPSA) is 71.1 Å². The van der Waals surface area contributed by atoms with Crippen molar-refractivity contribution in [1.82, 2.24) is 0 Å². The molecule has 0 bridgehead atoms. The molecule has 0 aliphatic carbocycles. The minimum absolute atomic E-state index is 0.280. The maximum absolute atomic E-state index is 8.99. The number of nitrogens with zero attached hydrogens (tertiary/aromatic N) is 1. The molecule has 0 aromatic carbocycles. The van der Waals surface area contributed by atoms with Crippen LogP contribution in [0.5, 0.6) is 0 Å². The molecule has 1 aromatic rings. The van der Waals surface area contributed by atoms with Gasteiger partial charge in [0.25, 0.3) is 0 Å². The summed E-state index contributed by atoms with van der Waals surface area (Å²) in [5.41, 5.74) is 6.53. The van der Waals surface area contributed by atoms with E-state index in [2.05, 4.69) is 11.4 Å². The number of nitrogen functional groups attached to an aromatic ring is 1. The number of nitrogens with one attached hydrogen (secondary N) is 1. The summed E-state index contributed by atoms with van der Waals surface area (Å²) in [7, 11) is 0. The van der Waals surface area contributed by atoms with E-state index in [9.17, 15) is 0 Å². The van der Waals surface area contributed by atoms with Crippen LogP contribution in [0.1, 0.15) is 24.1 Å². The van der Waals surface area contributed by atoms with Crippen molar-refractivity contribution in [2.45, 2.75) is 30.3 Å². The van der Waals surface area contributed by atoms with Gasteiger partial charge in [-0.1, -0.05) is 0 Å². The fourth-order valence-corrected chi connectivity index (χ4v) is 3.84. The first-order valence-electron chi connectivity index (χ1n) is 5.98. The van der Waals surface area contributed by atoms with Gasteiger partial charge in [0.2, 0.25) is 0 Å². The van der Waals surface area contributed by atoms with Crippen molar-refractivity contribution in [2.24, 2.45) is 0 Å². The molecule has 1 fully saturated rings. The monoisotopic (exact) mass is 283 g/mol. The Morgan fingerprint density at radius 2 is 2.44 bits per heavy atom. The molecule has 6 heteroatoms. The summed E-state index contributed by atoms with van der Waals surface area (Å²) in [5.74, 6) is 0.